The van der Waals surface area contributed by atoms with E-state index in [4.69, 9.17) is 5.11 Å². The standard InChI is InChI=1S/C14H23N3O5S/c1-5-6-7-11(14(19)20)15-13(18)12-8-10(9-17(12)4)23(21,22)16(2)3/h8-9,11H,5-7H2,1-4H3,(H,15,18)(H,19,20). The summed E-state index contributed by atoms with van der Waals surface area (Å²) in [5, 5.41) is 11.6. The summed E-state index contributed by atoms with van der Waals surface area (Å²) in [4.78, 5) is 23.4. The SMILES string of the molecule is CCCCC(NC(=O)c1cc(S(=O)(=O)N(C)C)cn1C)C(=O)O. The first-order valence-electron chi connectivity index (χ1n) is 7.23. The minimum Gasteiger partial charge on any atom is -0.480 e. The van der Waals surface area contributed by atoms with Crippen molar-refractivity contribution in [1.29, 1.82) is 0 Å². The Morgan fingerprint density at radius 2 is 2.00 bits per heavy atom. The second-order valence-electron chi connectivity index (χ2n) is 5.47. The number of aromatic nitrogens is 1. The number of hydrogen-bond acceptors (Lipinski definition) is 4. The fourth-order valence-corrected chi connectivity index (χ4v) is 2.98. The smallest absolute Gasteiger partial charge is 0.326 e. The highest BCUT2D eigenvalue weighted by atomic mass is 32.2. The van der Waals surface area contributed by atoms with Gasteiger partial charge in [0.2, 0.25) is 10.0 Å². The van der Waals surface area contributed by atoms with E-state index in [0.717, 1.165) is 10.7 Å². The van der Waals surface area contributed by atoms with Gasteiger partial charge in [0.05, 0.1) is 0 Å². The fraction of sp³-hybridized carbons (Fsp3) is 0.571. The van der Waals surface area contributed by atoms with Crippen LogP contribution in [0.3, 0.4) is 0 Å². The number of carboxylic acid groups (broad SMARTS) is 1. The van der Waals surface area contributed by atoms with Gasteiger partial charge < -0.3 is 15.0 Å². The average molecular weight is 345 g/mol. The number of aryl methyl sites for hydroxylation is 1. The van der Waals surface area contributed by atoms with E-state index >= 15 is 0 Å². The van der Waals surface area contributed by atoms with E-state index in [-0.39, 0.29) is 10.6 Å². The molecule has 0 aliphatic carbocycles. The number of hydrogen-bond donors (Lipinski definition) is 2. The van der Waals surface area contributed by atoms with Crippen LogP contribution in [0.1, 0.15) is 36.7 Å². The number of amides is 1. The van der Waals surface area contributed by atoms with Gasteiger partial charge in [-0.25, -0.2) is 17.5 Å². The van der Waals surface area contributed by atoms with E-state index in [0.29, 0.717) is 12.8 Å². The lowest BCUT2D eigenvalue weighted by Gasteiger charge is -2.14. The van der Waals surface area contributed by atoms with Crippen molar-refractivity contribution in [1.82, 2.24) is 14.2 Å². The Labute approximate surface area is 136 Å². The van der Waals surface area contributed by atoms with Crippen molar-refractivity contribution in [3.8, 4) is 0 Å². The van der Waals surface area contributed by atoms with E-state index in [9.17, 15) is 18.0 Å². The monoisotopic (exact) mass is 345 g/mol. The van der Waals surface area contributed by atoms with Crippen molar-refractivity contribution in [2.24, 2.45) is 7.05 Å². The highest BCUT2D eigenvalue weighted by Crippen LogP contribution is 2.17. The van der Waals surface area contributed by atoms with Crippen LogP contribution in [-0.4, -0.2) is 54.4 Å². The molecule has 0 spiro atoms. The molecular weight excluding hydrogens is 322 g/mol. The van der Waals surface area contributed by atoms with Crippen molar-refractivity contribution in [3.63, 3.8) is 0 Å². The lowest BCUT2D eigenvalue weighted by molar-refractivity contribution is -0.139. The van der Waals surface area contributed by atoms with Crippen LogP contribution >= 0.6 is 0 Å². The van der Waals surface area contributed by atoms with E-state index in [1.165, 1.54) is 38.0 Å². The molecule has 1 aromatic heterocycles. The van der Waals surface area contributed by atoms with Gasteiger partial charge >= 0.3 is 5.97 Å². The lowest BCUT2D eigenvalue weighted by atomic mass is 10.1. The van der Waals surface area contributed by atoms with E-state index in [1.54, 1.807) is 0 Å². The number of nitrogens with one attached hydrogen (secondary N) is 1. The summed E-state index contributed by atoms with van der Waals surface area (Å²) in [5.74, 6) is -1.72. The first kappa shape index (κ1) is 19.2. The van der Waals surface area contributed by atoms with E-state index in [1.807, 2.05) is 6.92 Å². The summed E-state index contributed by atoms with van der Waals surface area (Å²) in [6.07, 6.45) is 3.14. The zero-order valence-electron chi connectivity index (χ0n) is 13.7. The highest BCUT2D eigenvalue weighted by Gasteiger charge is 2.25. The Morgan fingerprint density at radius 1 is 1.39 bits per heavy atom. The molecule has 0 aliphatic heterocycles. The molecule has 0 bridgehead atoms. The van der Waals surface area contributed by atoms with E-state index in [2.05, 4.69) is 5.32 Å². The van der Waals surface area contributed by atoms with Crippen LogP contribution in [-0.2, 0) is 21.9 Å². The number of aliphatic carboxylic acids is 1. The third-order valence-corrected chi connectivity index (χ3v) is 5.22. The van der Waals surface area contributed by atoms with Gasteiger partial charge in [-0.15, -0.1) is 0 Å². The number of unbranched alkanes of at least 4 members (excludes halogenated alkanes) is 1. The molecule has 0 saturated carbocycles. The first-order valence-corrected chi connectivity index (χ1v) is 8.67. The van der Waals surface area contributed by atoms with Gasteiger partial charge in [-0.2, -0.15) is 0 Å². The van der Waals surface area contributed by atoms with Gasteiger partial charge in [0.15, 0.2) is 0 Å². The molecule has 0 saturated heterocycles. The number of sulfonamides is 1. The Bertz CT molecular complexity index is 679. The molecule has 1 aromatic rings. The zero-order chi connectivity index (χ0) is 17.8. The second kappa shape index (κ2) is 7.60. The van der Waals surface area contributed by atoms with E-state index < -0.39 is 27.9 Å². The molecular formula is C14H23N3O5S. The topological polar surface area (TPSA) is 109 Å². The molecule has 0 aliphatic rings. The lowest BCUT2D eigenvalue weighted by Crippen LogP contribution is -2.41. The molecule has 1 atom stereocenters. The molecule has 1 rings (SSSR count). The van der Waals surface area contributed by atoms with Crippen molar-refractivity contribution < 1.29 is 23.1 Å². The van der Waals surface area contributed by atoms with Crippen LogP contribution < -0.4 is 5.32 Å². The van der Waals surface area contributed by atoms with Crippen LogP contribution in [0.25, 0.3) is 0 Å². The molecule has 9 heteroatoms. The molecule has 0 radical (unpaired) electrons. The minimum absolute atomic E-state index is 0.0180. The number of rotatable bonds is 8. The summed E-state index contributed by atoms with van der Waals surface area (Å²) >= 11 is 0. The Morgan fingerprint density at radius 3 is 2.48 bits per heavy atom. The summed E-state index contributed by atoms with van der Waals surface area (Å²) < 4.78 is 26.6. The first-order chi connectivity index (χ1) is 10.6. The van der Waals surface area contributed by atoms with Gasteiger partial charge in [0, 0.05) is 27.3 Å². The molecule has 2 N–H and O–H groups in total. The summed E-state index contributed by atoms with van der Waals surface area (Å²) in [5.41, 5.74) is 0.0909. The van der Waals surface area contributed by atoms with Gasteiger partial charge in [0.25, 0.3) is 5.91 Å². The molecule has 0 fully saturated rings. The zero-order valence-corrected chi connectivity index (χ0v) is 14.6. The summed E-state index contributed by atoms with van der Waals surface area (Å²) in [6, 6.07) is 0.245. The average Bonchev–Trinajstić information content (AvgIpc) is 2.85. The van der Waals surface area contributed by atoms with Crippen molar-refractivity contribution in [2.45, 2.75) is 37.1 Å². The van der Waals surface area contributed by atoms with Crippen LogP contribution in [0.5, 0.6) is 0 Å². The molecule has 8 nitrogen and oxygen atoms in total. The van der Waals surface area contributed by atoms with Crippen LogP contribution in [0.2, 0.25) is 0 Å². The Balaban J connectivity index is 3.01. The van der Waals surface area contributed by atoms with Crippen molar-refractivity contribution >= 4 is 21.9 Å². The molecule has 130 valence electrons. The number of carbonyl (C=O) groups is 2. The summed E-state index contributed by atoms with van der Waals surface area (Å²) in [6.45, 7) is 1.93. The maximum absolute atomic E-state index is 12.2. The van der Waals surface area contributed by atoms with Crippen LogP contribution in [0.15, 0.2) is 17.2 Å². The third kappa shape index (κ3) is 4.55. The number of carbonyl (C=O) groups excluding carboxylic acids is 1. The minimum atomic E-state index is -3.65. The predicted octanol–water partition coefficient (Wildman–Crippen LogP) is 0.649. The molecule has 1 heterocycles. The molecule has 1 unspecified atom stereocenters. The van der Waals surface area contributed by atoms with Crippen LogP contribution in [0.4, 0.5) is 0 Å². The van der Waals surface area contributed by atoms with Crippen LogP contribution in [0, 0.1) is 0 Å². The van der Waals surface area contributed by atoms with Crippen molar-refractivity contribution in [2.75, 3.05) is 14.1 Å². The maximum atomic E-state index is 12.2. The Hall–Kier alpha value is -1.87. The van der Waals surface area contributed by atoms with Gasteiger partial charge in [-0.05, 0) is 12.5 Å². The Kier molecular flexibility index (Phi) is 6.34. The quantitative estimate of drug-likeness (QED) is 0.719. The second-order valence-corrected chi connectivity index (χ2v) is 7.62. The number of nitrogens with zero attached hydrogens (tertiary/aromatic N) is 2. The largest absolute Gasteiger partial charge is 0.480 e. The van der Waals surface area contributed by atoms with Gasteiger partial charge in [-0.3, -0.25) is 4.79 Å². The number of carboxylic acids is 1. The van der Waals surface area contributed by atoms with Gasteiger partial charge in [-0.1, -0.05) is 19.8 Å². The predicted molar refractivity (Wildman–Crippen MR) is 84.7 cm³/mol. The third-order valence-electron chi connectivity index (χ3n) is 3.44. The highest BCUT2D eigenvalue weighted by molar-refractivity contribution is 7.89. The van der Waals surface area contributed by atoms with Gasteiger partial charge in [0.1, 0.15) is 16.6 Å². The normalized spacial score (nSPS) is 13.1. The van der Waals surface area contributed by atoms with Crippen molar-refractivity contribution in [3.05, 3.63) is 18.0 Å². The molecule has 0 aromatic carbocycles. The molecule has 1 amide bonds. The summed E-state index contributed by atoms with van der Waals surface area (Å²) in [7, 11) is 0.670. The maximum Gasteiger partial charge on any atom is 0.326 e. The molecule has 23 heavy (non-hydrogen) atoms. The fourth-order valence-electron chi connectivity index (χ4n) is 2.01.